The van der Waals surface area contributed by atoms with Crippen molar-refractivity contribution in [2.24, 2.45) is 50.7 Å². The van der Waals surface area contributed by atoms with E-state index in [1.54, 1.807) is 0 Å². The van der Waals surface area contributed by atoms with Gasteiger partial charge in [0.15, 0.2) is 5.76 Å². The first-order valence-corrected chi connectivity index (χ1v) is 13.8. The standard InChI is InChI=1S/C30H46O5/c1-16-20-21-22(33)23(34)24-27(5)11-10-18(31)25(2,3)17(27)9-12-28(24,6)30(21,8)19(32)15-26(20,4)13-14-29(16,7)35/h16-17,19-20,24,32-33,35H,9-15H2,1-8H3. The van der Waals surface area contributed by atoms with Crippen LogP contribution in [0, 0.1) is 50.7 Å². The average Bonchev–Trinajstić information content (AvgIpc) is 2.74. The van der Waals surface area contributed by atoms with E-state index in [9.17, 15) is 24.9 Å². The first-order chi connectivity index (χ1) is 15.9. The van der Waals surface area contributed by atoms with Crippen LogP contribution in [0.5, 0.6) is 0 Å². The highest BCUT2D eigenvalue weighted by Gasteiger charge is 2.74. The van der Waals surface area contributed by atoms with Gasteiger partial charge in [-0.2, -0.15) is 0 Å². The largest absolute Gasteiger partial charge is 0.504 e. The summed E-state index contributed by atoms with van der Waals surface area (Å²) in [4.78, 5) is 27.3. The number of carbonyl (C=O) groups is 2. The summed E-state index contributed by atoms with van der Waals surface area (Å²) in [5, 5.41) is 35.0. The number of carbonyl (C=O) groups excluding carboxylic acids is 2. The summed E-state index contributed by atoms with van der Waals surface area (Å²) >= 11 is 0. The molecule has 0 bridgehead atoms. The highest BCUT2D eigenvalue weighted by Crippen LogP contribution is 2.75. The van der Waals surface area contributed by atoms with Crippen molar-refractivity contribution in [1.29, 1.82) is 0 Å². The lowest BCUT2D eigenvalue weighted by Crippen LogP contribution is -2.70. The lowest BCUT2D eigenvalue weighted by atomic mass is 9.32. The summed E-state index contributed by atoms with van der Waals surface area (Å²) in [6.07, 6.45) is 3.99. The number of allylic oxidation sites excluding steroid dienone is 1. The van der Waals surface area contributed by atoms with Crippen molar-refractivity contribution in [3.05, 3.63) is 11.3 Å². The fourth-order valence-corrected chi connectivity index (χ4v) is 10.6. The molecule has 0 aliphatic heterocycles. The zero-order valence-electron chi connectivity index (χ0n) is 23.0. The zero-order chi connectivity index (χ0) is 26.1. The van der Waals surface area contributed by atoms with Gasteiger partial charge in [0.1, 0.15) is 5.78 Å². The van der Waals surface area contributed by atoms with E-state index in [4.69, 9.17) is 0 Å². The first kappa shape index (κ1) is 25.4. The highest BCUT2D eigenvalue weighted by molar-refractivity contribution is 5.99. The fourth-order valence-electron chi connectivity index (χ4n) is 10.6. The smallest absolute Gasteiger partial charge is 0.201 e. The number of Topliss-reactive ketones (excluding diaryl/α,β-unsaturated/α-hetero) is 2. The summed E-state index contributed by atoms with van der Waals surface area (Å²) in [6, 6.07) is 0. The molecular formula is C30H46O5. The maximum atomic E-state index is 14.3. The van der Waals surface area contributed by atoms with E-state index >= 15 is 0 Å². The normalized spacial score (nSPS) is 55.5. The Morgan fingerprint density at radius 3 is 2.17 bits per heavy atom. The SMILES string of the molecule is CC1C2C3=C(O)C(=O)C4C5(C)CCC(=O)C(C)(C)C5CCC4(C)C3(C)C(O)CC2(C)CCC1(C)O. The highest BCUT2D eigenvalue weighted by atomic mass is 16.3. The van der Waals surface area contributed by atoms with E-state index in [1.807, 2.05) is 27.7 Å². The molecule has 0 aromatic heterocycles. The van der Waals surface area contributed by atoms with Crippen LogP contribution in [0.2, 0.25) is 0 Å². The van der Waals surface area contributed by atoms with Gasteiger partial charge >= 0.3 is 0 Å². The van der Waals surface area contributed by atoms with Crippen molar-refractivity contribution in [3.8, 4) is 0 Å². The van der Waals surface area contributed by atoms with Crippen LogP contribution in [0.4, 0.5) is 0 Å². The molecule has 0 aromatic rings. The van der Waals surface area contributed by atoms with Crippen molar-refractivity contribution in [3.63, 3.8) is 0 Å². The Labute approximate surface area is 210 Å². The molecule has 0 radical (unpaired) electrons. The van der Waals surface area contributed by atoms with Crippen LogP contribution in [0.3, 0.4) is 0 Å². The summed E-state index contributed by atoms with van der Waals surface area (Å²) in [7, 11) is 0. The van der Waals surface area contributed by atoms with Gasteiger partial charge < -0.3 is 15.3 Å². The Balaban J connectivity index is 1.74. The lowest BCUT2D eigenvalue weighted by Gasteiger charge is -2.71. The van der Waals surface area contributed by atoms with Crippen LogP contribution in [-0.2, 0) is 9.59 Å². The molecule has 4 fully saturated rings. The summed E-state index contributed by atoms with van der Waals surface area (Å²) in [5.41, 5.74) is -2.72. The number of fused-ring (bicyclic) bond motifs is 7. The van der Waals surface area contributed by atoms with Gasteiger partial charge in [-0.05, 0) is 85.0 Å². The van der Waals surface area contributed by atoms with Gasteiger partial charge in [-0.15, -0.1) is 0 Å². The minimum absolute atomic E-state index is 0.0663. The van der Waals surface area contributed by atoms with Crippen LogP contribution >= 0.6 is 0 Å². The summed E-state index contributed by atoms with van der Waals surface area (Å²) in [6.45, 7) is 16.6. The van der Waals surface area contributed by atoms with Crippen molar-refractivity contribution >= 4 is 11.6 Å². The molecule has 196 valence electrons. The van der Waals surface area contributed by atoms with Gasteiger partial charge in [-0.25, -0.2) is 0 Å². The topological polar surface area (TPSA) is 94.8 Å². The van der Waals surface area contributed by atoms with Crippen LogP contribution in [0.15, 0.2) is 11.3 Å². The molecule has 0 spiro atoms. The Kier molecular flexibility index (Phi) is 5.10. The van der Waals surface area contributed by atoms with Crippen molar-refractivity contribution < 1.29 is 24.9 Å². The molecule has 35 heavy (non-hydrogen) atoms. The molecular weight excluding hydrogens is 440 g/mol. The average molecular weight is 487 g/mol. The Morgan fingerprint density at radius 2 is 1.54 bits per heavy atom. The third kappa shape index (κ3) is 2.78. The molecule has 10 atom stereocenters. The van der Waals surface area contributed by atoms with Crippen molar-refractivity contribution in [2.45, 2.75) is 112 Å². The third-order valence-corrected chi connectivity index (χ3v) is 13.1. The molecule has 5 nitrogen and oxygen atoms in total. The van der Waals surface area contributed by atoms with Gasteiger partial charge in [0.05, 0.1) is 11.7 Å². The second-order valence-electron chi connectivity index (χ2n) is 14.9. The molecule has 5 heteroatoms. The minimum Gasteiger partial charge on any atom is -0.504 e. The molecule has 4 saturated carbocycles. The maximum Gasteiger partial charge on any atom is 0.201 e. The third-order valence-electron chi connectivity index (χ3n) is 13.1. The zero-order valence-corrected chi connectivity index (χ0v) is 23.0. The van der Waals surface area contributed by atoms with Crippen LogP contribution in [-0.4, -0.2) is 38.6 Å². The van der Waals surface area contributed by atoms with E-state index in [0.717, 1.165) is 19.3 Å². The minimum atomic E-state index is -0.890. The second-order valence-corrected chi connectivity index (χ2v) is 14.9. The Morgan fingerprint density at radius 1 is 0.914 bits per heavy atom. The Bertz CT molecular complexity index is 1020. The van der Waals surface area contributed by atoms with E-state index < -0.39 is 39.3 Å². The van der Waals surface area contributed by atoms with E-state index in [2.05, 4.69) is 27.7 Å². The molecule has 0 amide bonds. The van der Waals surface area contributed by atoms with Gasteiger partial charge in [-0.1, -0.05) is 48.5 Å². The predicted octanol–water partition coefficient (Wildman–Crippen LogP) is 5.38. The lowest BCUT2D eigenvalue weighted by molar-refractivity contribution is -0.218. The van der Waals surface area contributed by atoms with E-state index in [-0.39, 0.29) is 40.5 Å². The quantitative estimate of drug-likeness (QED) is 0.427. The number of ketones is 2. The summed E-state index contributed by atoms with van der Waals surface area (Å²) < 4.78 is 0. The van der Waals surface area contributed by atoms with E-state index in [1.165, 1.54) is 0 Å². The number of hydrogen-bond donors (Lipinski definition) is 3. The van der Waals surface area contributed by atoms with Crippen molar-refractivity contribution in [2.75, 3.05) is 0 Å². The predicted molar refractivity (Wildman–Crippen MR) is 134 cm³/mol. The number of aliphatic hydroxyl groups excluding tert-OH is 2. The molecule has 0 heterocycles. The van der Waals surface area contributed by atoms with Crippen LogP contribution in [0.25, 0.3) is 0 Å². The maximum absolute atomic E-state index is 14.3. The molecule has 5 aliphatic rings. The molecule has 10 unspecified atom stereocenters. The fraction of sp³-hybridized carbons (Fsp3) is 0.867. The van der Waals surface area contributed by atoms with Gasteiger partial charge in [0.2, 0.25) is 5.78 Å². The van der Waals surface area contributed by atoms with Gasteiger partial charge in [-0.3, -0.25) is 9.59 Å². The molecule has 3 N–H and O–H groups in total. The molecule has 5 aliphatic carbocycles. The van der Waals surface area contributed by atoms with E-state index in [0.29, 0.717) is 31.3 Å². The monoisotopic (exact) mass is 486 g/mol. The number of aliphatic hydroxyl groups is 3. The molecule has 0 saturated heterocycles. The van der Waals surface area contributed by atoms with Crippen LogP contribution < -0.4 is 0 Å². The molecule has 0 aromatic carbocycles. The first-order valence-electron chi connectivity index (χ1n) is 13.8. The van der Waals surface area contributed by atoms with Gasteiger partial charge in [0.25, 0.3) is 0 Å². The number of rotatable bonds is 0. The van der Waals surface area contributed by atoms with Crippen molar-refractivity contribution in [1.82, 2.24) is 0 Å². The van der Waals surface area contributed by atoms with Gasteiger partial charge in [0, 0.05) is 23.2 Å². The Hall–Kier alpha value is -1.20. The summed E-state index contributed by atoms with van der Waals surface area (Å²) in [5.74, 6) is -0.792. The van der Waals surface area contributed by atoms with Crippen LogP contribution in [0.1, 0.15) is 100 Å². The molecule has 5 rings (SSSR count). The second kappa shape index (κ2) is 7.01. The number of hydrogen-bond acceptors (Lipinski definition) is 5.